The summed E-state index contributed by atoms with van der Waals surface area (Å²) in [6, 6.07) is 14.0. The van der Waals surface area contributed by atoms with E-state index in [2.05, 4.69) is 11.4 Å². The van der Waals surface area contributed by atoms with E-state index in [1.54, 1.807) is 36.9 Å². The lowest BCUT2D eigenvalue weighted by atomic mass is 10.1. The van der Waals surface area contributed by atoms with Gasteiger partial charge >= 0.3 is 0 Å². The van der Waals surface area contributed by atoms with Crippen LogP contribution in [0.4, 0.5) is 0 Å². The highest BCUT2D eigenvalue weighted by Gasteiger charge is 2.13. The van der Waals surface area contributed by atoms with Gasteiger partial charge in [0.2, 0.25) is 0 Å². The summed E-state index contributed by atoms with van der Waals surface area (Å²) in [6.07, 6.45) is 0.752. The molecule has 0 amide bonds. The molecule has 0 aliphatic heterocycles. The van der Waals surface area contributed by atoms with Gasteiger partial charge in [0, 0.05) is 17.0 Å². The zero-order chi connectivity index (χ0) is 17.2. The molecule has 2 aromatic heterocycles. The van der Waals surface area contributed by atoms with E-state index in [0.29, 0.717) is 0 Å². The summed E-state index contributed by atoms with van der Waals surface area (Å²) >= 11 is 3.37. The van der Waals surface area contributed by atoms with Crippen LogP contribution in [0.25, 0.3) is 21.5 Å². The highest BCUT2D eigenvalue weighted by molar-refractivity contribution is 7.18. The largest absolute Gasteiger partial charge is 0.497 e. The van der Waals surface area contributed by atoms with Crippen molar-refractivity contribution in [3.05, 3.63) is 57.9 Å². The third-order valence-corrected chi connectivity index (χ3v) is 5.76. The lowest BCUT2D eigenvalue weighted by molar-refractivity contribution is 0.395. The number of thiazole rings is 2. The Kier molecular flexibility index (Phi) is 4.38. The number of methoxy groups -OCH3 is 2. The summed E-state index contributed by atoms with van der Waals surface area (Å²) in [5, 5.41) is 4.20. The van der Waals surface area contributed by atoms with Crippen molar-refractivity contribution < 1.29 is 9.47 Å². The fourth-order valence-corrected chi connectivity index (χ4v) is 4.51. The first-order chi connectivity index (χ1) is 12.3. The molecule has 4 aromatic rings. The SMILES string of the molecule is COc1ccc(-c2csc(Cc3nc4ccccc4s3)n2)c(OC)c1. The molecule has 0 aliphatic rings. The van der Waals surface area contributed by atoms with Gasteiger partial charge < -0.3 is 9.47 Å². The first kappa shape index (κ1) is 16.1. The molecule has 6 heteroatoms. The average molecular weight is 368 g/mol. The van der Waals surface area contributed by atoms with Gasteiger partial charge in [-0.1, -0.05) is 12.1 Å². The zero-order valence-corrected chi connectivity index (χ0v) is 15.5. The minimum atomic E-state index is 0.752. The molecule has 0 saturated carbocycles. The second kappa shape index (κ2) is 6.82. The zero-order valence-electron chi connectivity index (χ0n) is 13.9. The van der Waals surface area contributed by atoms with Gasteiger partial charge in [0.15, 0.2) is 0 Å². The standard InChI is InChI=1S/C19H16N2O2S2/c1-22-12-7-8-13(16(9-12)23-2)15-11-24-18(21-15)10-19-20-14-5-3-4-6-17(14)25-19/h3-9,11H,10H2,1-2H3. The maximum absolute atomic E-state index is 5.48. The van der Waals surface area contributed by atoms with Crippen LogP contribution in [-0.4, -0.2) is 24.2 Å². The highest BCUT2D eigenvalue weighted by atomic mass is 32.1. The number of fused-ring (bicyclic) bond motifs is 1. The second-order valence-electron chi connectivity index (χ2n) is 5.44. The van der Waals surface area contributed by atoms with Crippen molar-refractivity contribution in [1.82, 2.24) is 9.97 Å². The minimum Gasteiger partial charge on any atom is -0.497 e. The minimum absolute atomic E-state index is 0.752. The molecule has 4 nitrogen and oxygen atoms in total. The van der Waals surface area contributed by atoms with Crippen LogP contribution < -0.4 is 9.47 Å². The summed E-state index contributed by atoms with van der Waals surface area (Å²) in [4.78, 5) is 9.46. The number of aromatic nitrogens is 2. The van der Waals surface area contributed by atoms with Crippen LogP contribution in [-0.2, 0) is 6.42 Å². The van der Waals surface area contributed by atoms with Crippen LogP contribution in [0.2, 0.25) is 0 Å². The Labute approximate surface area is 153 Å². The molecule has 0 spiro atoms. The van der Waals surface area contributed by atoms with Crippen molar-refractivity contribution in [2.45, 2.75) is 6.42 Å². The topological polar surface area (TPSA) is 44.2 Å². The van der Waals surface area contributed by atoms with E-state index in [4.69, 9.17) is 19.4 Å². The smallest absolute Gasteiger partial charge is 0.131 e. The molecule has 0 fully saturated rings. The normalized spacial score (nSPS) is 11.0. The Morgan fingerprint density at radius 3 is 2.64 bits per heavy atom. The Morgan fingerprint density at radius 2 is 1.84 bits per heavy atom. The molecule has 0 atom stereocenters. The summed E-state index contributed by atoms with van der Waals surface area (Å²) < 4.78 is 12.0. The van der Waals surface area contributed by atoms with Crippen LogP contribution in [0.3, 0.4) is 0 Å². The number of benzene rings is 2. The number of rotatable bonds is 5. The molecule has 0 N–H and O–H groups in total. The molecular formula is C19H16N2O2S2. The van der Waals surface area contributed by atoms with Crippen molar-refractivity contribution in [2.24, 2.45) is 0 Å². The second-order valence-corrected chi connectivity index (χ2v) is 7.50. The fraction of sp³-hybridized carbons (Fsp3) is 0.158. The van der Waals surface area contributed by atoms with Gasteiger partial charge in [-0.2, -0.15) is 0 Å². The van der Waals surface area contributed by atoms with Gasteiger partial charge in [-0.15, -0.1) is 22.7 Å². The van der Waals surface area contributed by atoms with Crippen molar-refractivity contribution in [3.8, 4) is 22.8 Å². The first-order valence-electron chi connectivity index (χ1n) is 7.78. The van der Waals surface area contributed by atoms with E-state index in [0.717, 1.165) is 44.7 Å². The number of nitrogens with zero attached hydrogens (tertiary/aromatic N) is 2. The molecule has 0 saturated heterocycles. The van der Waals surface area contributed by atoms with E-state index >= 15 is 0 Å². The third-order valence-electron chi connectivity index (χ3n) is 3.88. The maximum Gasteiger partial charge on any atom is 0.131 e. The summed E-state index contributed by atoms with van der Waals surface area (Å²) in [7, 11) is 3.31. The van der Waals surface area contributed by atoms with Gasteiger partial charge in [0.05, 0.1) is 36.6 Å². The Balaban J connectivity index is 1.61. The molecule has 126 valence electrons. The lowest BCUT2D eigenvalue weighted by Gasteiger charge is -2.08. The van der Waals surface area contributed by atoms with Gasteiger partial charge in [-0.3, -0.25) is 0 Å². The van der Waals surface area contributed by atoms with E-state index in [9.17, 15) is 0 Å². The van der Waals surface area contributed by atoms with Crippen LogP contribution in [0.1, 0.15) is 10.0 Å². The summed E-state index contributed by atoms with van der Waals surface area (Å²) in [5.74, 6) is 1.53. The average Bonchev–Trinajstić information content (AvgIpc) is 3.27. The van der Waals surface area contributed by atoms with E-state index in [-0.39, 0.29) is 0 Å². The Morgan fingerprint density at radius 1 is 0.960 bits per heavy atom. The van der Waals surface area contributed by atoms with E-state index in [1.165, 1.54) is 4.70 Å². The summed E-state index contributed by atoms with van der Waals surface area (Å²) in [5.41, 5.74) is 2.94. The molecular weight excluding hydrogens is 352 g/mol. The fourth-order valence-electron chi connectivity index (χ4n) is 2.65. The molecule has 4 rings (SSSR count). The molecule has 25 heavy (non-hydrogen) atoms. The van der Waals surface area contributed by atoms with Crippen molar-refractivity contribution in [2.75, 3.05) is 14.2 Å². The van der Waals surface area contributed by atoms with Crippen molar-refractivity contribution in [1.29, 1.82) is 0 Å². The Hall–Kier alpha value is -2.44. The first-order valence-corrected chi connectivity index (χ1v) is 9.47. The number of para-hydroxylation sites is 1. The number of hydrogen-bond acceptors (Lipinski definition) is 6. The quantitative estimate of drug-likeness (QED) is 0.496. The van der Waals surface area contributed by atoms with Gasteiger partial charge in [0.1, 0.15) is 21.5 Å². The van der Waals surface area contributed by atoms with Gasteiger partial charge in [-0.05, 0) is 24.3 Å². The lowest BCUT2D eigenvalue weighted by Crippen LogP contribution is -1.91. The predicted octanol–water partition coefficient (Wildman–Crippen LogP) is 5.03. The third kappa shape index (κ3) is 3.23. The molecule has 0 unspecified atom stereocenters. The van der Waals surface area contributed by atoms with Crippen LogP contribution in [0, 0.1) is 0 Å². The summed E-state index contributed by atoms with van der Waals surface area (Å²) in [6.45, 7) is 0. The van der Waals surface area contributed by atoms with Crippen LogP contribution >= 0.6 is 22.7 Å². The monoisotopic (exact) mass is 368 g/mol. The van der Waals surface area contributed by atoms with Crippen molar-refractivity contribution in [3.63, 3.8) is 0 Å². The highest BCUT2D eigenvalue weighted by Crippen LogP contribution is 2.34. The van der Waals surface area contributed by atoms with Crippen LogP contribution in [0.5, 0.6) is 11.5 Å². The molecule has 0 bridgehead atoms. The van der Waals surface area contributed by atoms with Gasteiger partial charge in [-0.25, -0.2) is 9.97 Å². The molecule has 2 aromatic carbocycles. The van der Waals surface area contributed by atoms with E-state index in [1.807, 2.05) is 36.4 Å². The van der Waals surface area contributed by atoms with Gasteiger partial charge in [0.25, 0.3) is 0 Å². The molecule has 0 radical (unpaired) electrons. The number of hydrogen-bond donors (Lipinski definition) is 0. The molecule has 2 heterocycles. The maximum atomic E-state index is 5.48. The van der Waals surface area contributed by atoms with Crippen molar-refractivity contribution >= 4 is 32.9 Å². The Bertz CT molecular complexity index is 990. The van der Waals surface area contributed by atoms with Crippen LogP contribution in [0.15, 0.2) is 47.8 Å². The predicted molar refractivity (Wildman–Crippen MR) is 103 cm³/mol. The van der Waals surface area contributed by atoms with E-state index < -0.39 is 0 Å². The number of ether oxygens (including phenoxy) is 2. The molecule has 0 aliphatic carbocycles.